The van der Waals surface area contributed by atoms with Gasteiger partial charge >= 0.3 is 0 Å². The lowest BCUT2D eigenvalue weighted by Crippen LogP contribution is -2.27. The standard InChI is InChI=1S/C12H19N3S2/c1-8-5-6-9(10(13)16)11(15-8)14-7-12(2,3)17-4/h5-6H,7H2,1-4H3,(H2,13,16)(H,14,15). The van der Waals surface area contributed by atoms with Gasteiger partial charge in [0.1, 0.15) is 10.8 Å². The van der Waals surface area contributed by atoms with E-state index in [0.717, 1.165) is 23.6 Å². The number of anilines is 1. The highest BCUT2D eigenvalue weighted by Gasteiger charge is 2.17. The maximum Gasteiger partial charge on any atom is 0.136 e. The van der Waals surface area contributed by atoms with Crippen LogP contribution in [0.4, 0.5) is 5.82 Å². The summed E-state index contributed by atoms with van der Waals surface area (Å²) < 4.78 is 0.152. The van der Waals surface area contributed by atoms with Crippen molar-refractivity contribution in [2.24, 2.45) is 5.73 Å². The van der Waals surface area contributed by atoms with Crippen molar-refractivity contribution in [2.45, 2.75) is 25.5 Å². The smallest absolute Gasteiger partial charge is 0.136 e. The molecule has 3 nitrogen and oxygen atoms in total. The molecule has 5 heteroatoms. The van der Waals surface area contributed by atoms with Crippen LogP contribution in [0, 0.1) is 6.92 Å². The molecule has 1 rings (SSSR count). The summed E-state index contributed by atoms with van der Waals surface area (Å²) >= 11 is 6.83. The van der Waals surface area contributed by atoms with E-state index in [9.17, 15) is 0 Å². The van der Waals surface area contributed by atoms with E-state index in [2.05, 4.69) is 30.4 Å². The Morgan fingerprint density at radius 1 is 1.53 bits per heavy atom. The highest BCUT2D eigenvalue weighted by atomic mass is 32.2. The van der Waals surface area contributed by atoms with Crippen LogP contribution in [0.3, 0.4) is 0 Å². The predicted octanol–water partition coefficient (Wildman–Crippen LogP) is 2.58. The fourth-order valence-electron chi connectivity index (χ4n) is 1.26. The lowest BCUT2D eigenvalue weighted by atomic mass is 10.2. The molecule has 0 aromatic carbocycles. The molecule has 1 aromatic rings. The average molecular weight is 269 g/mol. The van der Waals surface area contributed by atoms with Crippen LogP contribution in [-0.4, -0.2) is 27.5 Å². The Labute approximate surface area is 113 Å². The lowest BCUT2D eigenvalue weighted by molar-refractivity contribution is 0.749. The third kappa shape index (κ3) is 4.16. The number of thiocarbonyl (C=S) groups is 1. The second-order valence-electron chi connectivity index (χ2n) is 4.53. The van der Waals surface area contributed by atoms with Crippen molar-refractivity contribution in [2.75, 3.05) is 18.1 Å². The van der Waals surface area contributed by atoms with Crippen molar-refractivity contribution >= 4 is 34.8 Å². The zero-order chi connectivity index (χ0) is 13.1. The normalized spacial score (nSPS) is 11.3. The van der Waals surface area contributed by atoms with E-state index in [1.807, 2.05) is 30.8 Å². The number of aromatic nitrogens is 1. The third-order valence-electron chi connectivity index (χ3n) is 2.53. The van der Waals surface area contributed by atoms with E-state index < -0.39 is 0 Å². The Morgan fingerprint density at radius 2 is 2.18 bits per heavy atom. The molecular formula is C12H19N3S2. The van der Waals surface area contributed by atoms with Crippen LogP contribution in [-0.2, 0) is 0 Å². The summed E-state index contributed by atoms with van der Waals surface area (Å²) in [4.78, 5) is 4.82. The number of rotatable bonds is 5. The van der Waals surface area contributed by atoms with Gasteiger partial charge in [-0.2, -0.15) is 11.8 Å². The van der Waals surface area contributed by atoms with E-state index in [4.69, 9.17) is 18.0 Å². The summed E-state index contributed by atoms with van der Waals surface area (Å²) in [7, 11) is 0. The van der Waals surface area contributed by atoms with Crippen LogP contribution in [0.1, 0.15) is 25.1 Å². The zero-order valence-corrected chi connectivity index (χ0v) is 12.3. The van der Waals surface area contributed by atoms with Crippen LogP contribution in [0.25, 0.3) is 0 Å². The summed E-state index contributed by atoms with van der Waals surface area (Å²) in [6.45, 7) is 7.14. The van der Waals surface area contributed by atoms with E-state index in [1.54, 1.807) is 0 Å². The van der Waals surface area contributed by atoms with Gasteiger partial charge in [0.05, 0.1) is 5.56 Å². The van der Waals surface area contributed by atoms with Crippen LogP contribution >= 0.6 is 24.0 Å². The molecular weight excluding hydrogens is 250 g/mol. The summed E-state index contributed by atoms with van der Waals surface area (Å²) in [6.07, 6.45) is 2.10. The first-order valence-corrected chi connectivity index (χ1v) is 7.05. The fraction of sp³-hybridized carbons (Fsp3) is 0.500. The number of hydrogen-bond donors (Lipinski definition) is 2. The molecule has 94 valence electrons. The largest absolute Gasteiger partial charge is 0.389 e. The zero-order valence-electron chi connectivity index (χ0n) is 10.7. The molecule has 0 aliphatic carbocycles. The molecule has 0 amide bonds. The van der Waals surface area contributed by atoms with Gasteiger partial charge in [-0.1, -0.05) is 12.2 Å². The first kappa shape index (κ1) is 14.3. The molecule has 3 N–H and O–H groups in total. The van der Waals surface area contributed by atoms with Crippen molar-refractivity contribution in [1.82, 2.24) is 4.98 Å². The number of nitrogens with zero attached hydrogens (tertiary/aromatic N) is 1. The first-order chi connectivity index (χ1) is 7.85. The Kier molecular flexibility index (Phi) is 4.77. The van der Waals surface area contributed by atoms with Crippen LogP contribution in [0.5, 0.6) is 0 Å². The Balaban J connectivity index is 2.89. The van der Waals surface area contributed by atoms with Gasteiger partial charge in [-0.3, -0.25) is 0 Å². The topological polar surface area (TPSA) is 50.9 Å². The van der Waals surface area contributed by atoms with Gasteiger partial charge in [-0.25, -0.2) is 4.98 Å². The minimum absolute atomic E-state index is 0.152. The monoisotopic (exact) mass is 269 g/mol. The van der Waals surface area contributed by atoms with Crippen molar-refractivity contribution in [3.05, 3.63) is 23.4 Å². The van der Waals surface area contributed by atoms with Crippen molar-refractivity contribution in [1.29, 1.82) is 0 Å². The van der Waals surface area contributed by atoms with Crippen molar-refractivity contribution < 1.29 is 0 Å². The summed E-state index contributed by atoms with van der Waals surface area (Å²) in [5, 5.41) is 3.33. The van der Waals surface area contributed by atoms with Crippen molar-refractivity contribution in [3.63, 3.8) is 0 Å². The minimum Gasteiger partial charge on any atom is -0.389 e. The quantitative estimate of drug-likeness (QED) is 0.805. The van der Waals surface area contributed by atoms with Crippen molar-refractivity contribution in [3.8, 4) is 0 Å². The highest BCUT2D eigenvalue weighted by molar-refractivity contribution is 7.99. The Bertz CT molecular complexity index is 416. The minimum atomic E-state index is 0.152. The molecule has 0 atom stereocenters. The molecule has 0 spiro atoms. The number of nitrogens with two attached hydrogens (primary N) is 1. The summed E-state index contributed by atoms with van der Waals surface area (Å²) in [5.74, 6) is 0.777. The van der Waals surface area contributed by atoms with E-state index in [0.29, 0.717) is 4.99 Å². The highest BCUT2D eigenvalue weighted by Crippen LogP contribution is 2.22. The van der Waals surface area contributed by atoms with Gasteiger partial charge in [0.2, 0.25) is 0 Å². The van der Waals surface area contributed by atoms with E-state index in [1.165, 1.54) is 0 Å². The van der Waals surface area contributed by atoms with E-state index in [-0.39, 0.29) is 4.75 Å². The SMILES string of the molecule is CSC(C)(C)CNc1nc(C)ccc1C(N)=S. The van der Waals surface area contributed by atoms with Crippen LogP contribution in [0.2, 0.25) is 0 Å². The molecule has 1 aromatic heterocycles. The predicted molar refractivity (Wildman–Crippen MR) is 80.9 cm³/mol. The second kappa shape index (κ2) is 5.69. The number of thioether (sulfide) groups is 1. The van der Waals surface area contributed by atoms with Gasteiger partial charge in [-0.15, -0.1) is 0 Å². The maximum atomic E-state index is 5.68. The number of hydrogen-bond acceptors (Lipinski definition) is 4. The van der Waals surface area contributed by atoms with Gasteiger partial charge < -0.3 is 11.1 Å². The molecule has 0 bridgehead atoms. The summed E-state index contributed by atoms with van der Waals surface area (Å²) in [5.41, 5.74) is 7.44. The number of nitrogens with one attached hydrogen (secondary N) is 1. The number of pyridine rings is 1. The van der Waals surface area contributed by atoms with Gasteiger partial charge in [0, 0.05) is 17.0 Å². The molecule has 0 saturated heterocycles. The first-order valence-electron chi connectivity index (χ1n) is 5.42. The van der Waals surface area contributed by atoms with Gasteiger partial charge in [0.15, 0.2) is 0 Å². The Morgan fingerprint density at radius 3 is 2.71 bits per heavy atom. The molecule has 0 radical (unpaired) electrons. The van der Waals surface area contributed by atoms with E-state index >= 15 is 0 Å². The van der Waals surface area contributed by atoms with Crippen LogP contribution < -0.4 is 11.1 Å². The molecule has 0 fully saturated rings. The molecule has 0 saturated carbocycles. The molecule has 1 heterocycles. The van der Waals surface area contributed by atoms with Gasteiger partial charge in [0.25, 0.3) is 0 Å². The molecule has 0 aliphatic rings. The summed E-state index contributed by atoms with van der Waals surface area (Å²) in [6, 6.07) is 3.83. The lowest BCUT2D eigenvalue weighted by Gasteiger charge is -2.23. The number of aryl methyl sites for hydroxylation is 1. The average Bonchev–Trinajstić information content (AvgIpc) is 2.26. The van der Waals surface area contributed by atoms with Crippen LogP contribution in [0.15, 0.2) is 12.1 Å². The fourth-order valence-corrected chi connectivity index (χ4v) is 1.64. The third-order valence-corrected chi connectivity index (χ3v) is 4.00. The van der Waals surface area contributed by atoms with Gasteiger partial charge in [-0.05, 0) is 39.2 Å². The molecule has 17 heavy (non-hydrogen) atoms. The molecule has 0 aliphatic heterocycles. The maximum absolute atomic E-state index is 5.68. The second-order valence-corrected chi connectivity index (χ2v) is 6.48. The molecule has 0 unspecified atom stereocenters. The Hall–Kier alpha value is -0.810.